The van der Waals surface area contributed by atoms with E-state index < -0.39 is 5.82 Å². The average Bonchev–Trinajstić information content (AvgIpc) is 2.61. The smallest absolute Gasteiger partial charge is 0.175 e. The topological polar surface area (TPSA) is 38.7 Å². The molecule has 0 aliphatic rings. The van der Waals surface area contributed by atoms with Gasteiger partial charge < -0.3 is 0 Å². The van der Waals surface area contributed by atoms with E-state index in [4.69, 9.17) is 6.42 Å². The number of terminal acetylenes is 1. The van der Waals surface area contributed by atoms with Gasteiger partial charge in [0.05, 0.1) is 0 Å². The fourth-order valence-corrected chi connectivity index (χ4v) is 2.77. The summed E-state index contributed by atoms with van der Waals surface area (Å²) in [5, 5.41) is 2.32. The van der Waals surface area contributed by atoms with Crippen molar-refractivity contribution in [1.82, 2.24) is 15.0 Å². The molecule has 108 valence electrons. The maximum Gasteiger partial charge on any atom is 0.175 e. The fourth-order valence-electron chi connectivity index (χ4n) is 2.77. The number of benzene rings is 2. The molecular weight excluding hydrogens is 289 g/mol. The molecule has 0 N–H and O–H groups in total. The highest BCUT2D eigenvalue weighted by Gasteiger charge is 2.15. The largest absolute Gasteiger partial charge is 0.252 e. The second-order valence-corrected chi connectivity index (χ2v) is 5.10. The Morgan fingerprint density at radius 1 is 0.957 bits per heavy atom. The molecule has 0 aliphatic heterocycles. The predicted octanol–water partition coefficient (Wildman–Crippen LogP) is 3.97. The van der Waals surface area contributed by atoms with Crippen LogP contribution in [0.2, 0.25) is 0 Å². The van der Waals surface area contributed by atoms with Crippen LogP contribution in [0.3, 0.4) is 0 Å². The van der Waals surface area contributed by atoms with Gasteiger partial charge in [0.2, 0.25) is 0 Å². The molecule has 2 aromatic heterocycles. The number of hydrogen-bond acceptors (Lipinski definition) is 3. The number of hydrogen-bond donors (Lipinski definition) is 0. The third-order valence-corrected chi connectivity index (χ3v) is 3.80. The van der Waals surface area contributed by atoms with Gasteiger partial charge in [-0.25, -0.2) is 14.4 Å². The monoisotopic (exact) mass is 299 g/mol. The van der Waals surface area contributed by atoms with Crippen LogP contribution in [0.25, 0.3) is 32.9 Å². The molecule has 0 atom stereocenters. The van der Waals surface area contributed by atoms with E-state index in [0.29, 0.717) is 16.5 Å². The molecule has 0 saturated carbocycles. The minimum absolute atomic E-state index is 0.240. The van der Waals surface area contributed by atoms with Gasteiger partial charge in [-0.15, -0.1) is 6.42 Å². The fraction of sp³-hybridized carbons (Fsp3) is 0. The molecule has 4 rings (SSSR count). The molecule has 0 unspecified atom stereocenters. The second-order valence-electron chi connectivity index (χ2n) is 5.10. The molecule has 4 aromatic rings. The van der Waals surface area contributed by atoms with E-state index in [1.165, 1.54) is 12.5 Å². The van der Waals surface area contributed by atoms with Gasteiger partial charge in [0.15, 0.2) is 5.82 Å². The van der Waals surface area contributed by atoms with Crippen LogP contribution in [0.5, 0.6) is 0 Å². The molecule has 0 spiro atoms. The lowest BCUT2D eigenvalue weighted by atomic mass is 9.97. The first kappa shape index (κ1) is 13.4. The highest BCUT2D eigenvalue weighted by molar-refractivity contribution is 6.01. The number of halogens is 1. The molecule has 23 heavy (non-hydrogen) atoms. The van der Waals surface area contributed by atoms with Crippen molar-refractivity contribution in [2.24, 2.45) is 0 Å². The van der Waals surface area contributed by atoms with Crippen molar-refractivity contribution in [2.75, 3.05) is 0 Å². The van der Waals surface area contributed by atoms with E-state index in [-0.39, 0.29) is 11.2 Å². The number of aromatic nitrogens is 3. The molecule has 4 heteroatoms. The van der Waals surface area contributed by atoms with Crippen LogP contribution in [0.4, 0.5) is 4.39 Å². The maximum absolute atomic E-state index is 14.9. The molecule has 0 amide bonds. The number of fused-ring (bicyclic) bond motifs is 2. The van der Waals surface area contributed by atoms with Crippen molar-refractivity contribution in [3.8, 4) is 23.6 Å². The van der Waals surface area contributed by atoms with Crippen molar-refractivity contribution >= 4 is 21.7 Å². The predicted molar refractivity (Wildman–Crippen MR) is 88.2 cm³/mol. The SMILES string of the molecule is C#Cc1cccc2cccc(-c3ncc4cncnc4c3F)c12. The summed E-state index contributed by atoms with van der Waals surface area (Å²) in [7, 11) is 0. The number of pyridine rings is 1. The summed E-state index contributed by atoms with van der Waals surface area (Å²) in [5.41, 5.74) is 1.86. The third kappa shape index (κ3) is 2.02. The Labute approximate surface area is 131 Å². The van der Waals surface area contributed by atoms with Gasteiger partial charge >= 0.3 is 0 Å². The van der Waals surface area contributed by atoms with E-state index in [1.807, 2.05) is 36.4 Å². The molecule has 2 aromatic carbocycles. The van der Waals surface area contributed by atoms with Crippen molar-refractivity contribution < 1.29 is 4.39 Å². The highest BCUT2D eigenvalue weighted by Crippen LogP contribution is 2.32. The van der Waals surface area contributed by atoms with Gasteiger partial charge in [-0.05, 0) is 11.5 Å². The Morgan fingerprint density at radius 3 is 2.61 bits per heavy atom. The van der Waals surface area contributed by atoms with E-state index in [1.54, 1.807) is 6.20 Å². The van der Waals surface area contributed by atoms with E-state index >= 15 is 0 Å². The van der Waals surface area contributed by atoms with Crippen molar-refractivity contribution in [1.29, 1.82) is 0 Å². The summed E-state index contributed by atoms with van der Waals surface area (Å²) < 4.78 is 14.9. The van der Waals surface area contributed by atoms with Gasteiger partial charge in [-0.2, -0.15) is 0 Å². The van der Waals surface area contributed by atoms with E-state index in [2.05, 4.69) is 20.9 Å². The first-order valence-corrected chi connectivity index (χ1v) is 7.02. The van der Waals surface area contributed by atoms with Crippen molar-refractivity contribution in [3.05, 3.63) is 66.5 Å². The summed E-state index contributed by atoms with van der Waals surface area (Å²) >= 11 is 0. The Bertz CT molecular complexity index is 1090. The van der Waals surface area contributed by atoms with Gasteiger partial charge in [0.25, 0.3) is 0 Å². The summed E-state index contributed by atoms with van der Waals surface area (Å²) in [6, 6.07) is 11.3. The molecule has 3 nitrogen and oxygen atoms in total. The quantitative estimate of drug-likeness (QED) is 0.499. The maximum atomic E-state index is 14.9. The van der Waals surface area contributed by atoms with Crippen LogP contribution < -0.4 is 0 Å². The Morgan fingerprint density at radius 2 is 1.78 bits per heavy atom. The molecule has 0 aliphatic carbocycles. The molecule has 0 radical (unpaired) electrons. The zero-order valence-corrected chi connectivity index (χ0v) is 12.0. The molecular formula is C19H10FN3. The van der Waals surface area contributed by atoms with Crippen LogP contribution in [-0.2, 0) is 0 Å². The molecule has 0 bridgehead atoms. The lowest BCUT2D eigenvalue weighted by molar-refractivity contribution is 0.635. The molecule has 0 saturated heterocycles. The first-order valence-electron chi connectivity index (χ1n) is 7.02. The standard InChI is InChI=1S/C19H10FN3/c1-2-12-5-3-6-13-7-4-8-15(16(12)13)19-17(20)18-14(10-22-19)9-21-11-23-18/h1,3-11H. The minimum atomic E-state index is -0.468. The zero-order valence-electron chi connectivity index (χ0n) is 12.0. The number of nitrogens with zero attached hydrogens (tertiary/aromatic N) is 3. The summed E-state index contributed by atoms with van der Waals surface area (Å²) in [4.78, 5) is 12.2. The Hall–Kier alpha value is -3.32. The summed E-state index contributed by atoms with van der Waals surface area (Å²) in [5.74, 6) is 2.19. The lowest BCUT2D eigenvalue weighted by Crippen LogP contribution is -1.95. The Balaban J connectivity index is 2.12. The first-order chi connectivity index (χ1) is 11.3. The summed E-state index contributed by atoms with van der Waals surface area (Å²) in [6.45, 7) is 0. The normalized spacial score (nSPS) is 10.8. The highest BCUT2D eigenvalue weighted by atomic mass is 19.1. The number of rotatable bonds is 1. The van der Waals surface area contributed by atoms with Crippen LogP contribution >= 0.6 is 0 Å². The third-order valence-electron chi connectivity index (χ3n) is 3.80. The lowest BCUT2D eigenvalue weighted by Gasteiger charge is -2.10. The van der Waals surface area contributed by atoms with Gasteiger partial charge in [0, 0.05) is 34.3 Å². The van der Waals surface area contributed by atoms with Gasteiger partial charge in [0.1, 0.15) is 17.5 Å². The minimum Gasteiger partial charge on any atom is -0.252 e. The Kier molecular flexibility index (Phi) is 2.99. The average molecular weight is 299 g/mol. The van der Waals surface area contributed by atoms with Crippen LogP contribution in [0.1, 0.15) is 5.56 Å². The van der Waals surface area contributed by atoms with Crippen molar-refractivity contribution in [3.63, 3.8) is 0 Å². The van der Waals surface area contributed by atoms with Crippen molar-refractivity contribution in [2.45, 2.75) is 0 Å². The van der Waals surface area contributed by atoms with E-state index in [9.17, 15) is 4.39 Å². The molecule has 0 fully saturated rings. The van der Waals surface area contributed by atoms with E-state index in [0.717, 1.165) is 10.8 Å². The zero-order chi connectivity index (χ0) is 15.8. The molecule has 2 heterocycles. The van der Waals surface area contributed by atoms with Gasteiger partial charge in [-0.3, -0.25) is 4.98 Å². The second kappa shape index (κ2) is 5.15. The van der Waals surface area contributed by atoms with Crippen LogP contribution in [0, 0.1) is 18.2 Å². The van der Waals surface area contributed by atoms with Gasteiger partial charge in [-0.1, -0.05) is 36.3 Å². The van der Waals surface area contributed by atoms with Crippen LogP contribution in [0.15, 0.2) is 55.1 Å². The van der Waals surface area contributed by atoms with Crippen LogP contribution in [-0.4, -0.2) is 15.0 Å². The summed E-state index contributed by atoms with van der Waals surface area (Å²) in [6.07, 6.45) is 10.0.